The quantitative estimate of drug-likeness (QED) is 0.405. The summed E-state index contributed by atoms with van der Waals surface area (Å²) in [6, 6.07) is 16.2. The van der Waals surface area contributed by atoms with Gasteiger partial charge in [0.25, 0.3) is 5.60 Å². The third kappa shape index (κ3) is 4.17. The Morgan fingerprint density at radius 2 is 1.68 bits per heavy atom. The number of aromatic carboxylic acids is 1. The van der Waals surface area contributed by atoms with Crippen molar-refractivity contribution in [1.29, 1.82) is 0 Å². The molecule has 9 heteroatoms. The largest absolute Gasteiger partial charge is 0.478 e. The first-order valence-electron chi connectivity index (χ1n) is 9.94. The number of aryl methyl sites for hydroxylation is 1. The van der Waals surface area contributed by atoms with Crippen LogP contribution in [-0.4, -0.2) is 23.0 Å². The summed E-state index contributed by atoms with van der Waals surface area (Å²) in [5, 5.41) is 13.2. The summed E-state index contributed by atoms with van der Waals surface area (Å²) in [4.78, 5) is 16.6. The second kappa shape index (κ2) is 8.81. The number of hydrogen-bond donors (Lipinski definition) is 1. The summed E-state index contributed by atoms with van der Waals surface area (Å²) in [7, 11) is 0. The van der Waals surface area contributed by atoms with Crippen LogP contribution in [-0.2, 0) is 10.4 Å². The van der Waals surface area contributed by atoms with Gasteiger partial charge in [-0.15, -0.1) is 0 Å². The Morgan fingerprint density at radius 3 is 2.24 bits per heavy atom. The molecular formula is C25H16Cl2F3NO3. The molecule has 1 atom stereocenters. The van der Waals surface area contributed by atoms with Gasteiger partial charge >= 0.3 is 12.1 Å². The molecule has 0 aromatic heterocycles. The number of halogens is 5. The lowest BCUT2D eigenvalue weighted by Crippen LogP contribution is -2.44. The van der Waals surface area contributed by atoms with Gasteiger partial charge in [-0.2, -0.15) is 13.2 Å². The Labute approximate surface area is 202 Å². The average molecular weight is 506 g/mol. The van der Waals surface area contributed by atoms with Gasteiger partial charge in [0.05, 0.1) is 5.56 Å². The summed E-state index contributed by atoms with van der Waals surface area (Å²) in [6.07, 6.45) is -3.61. The van der Waals surface area contributed by atoms with Crippen molar-refractivity contribution >= 4 is 41.0 Å². The van der Waals surface area contributed by atoms with Crippen molar-refractivity contribution in [3.63, 3.8) is 0 Å². The lowest BCUT2D eigenvalue weighted by molar-refractivity contribution is -0.261. The molecule has 174 valence electrons. The summed E-state index contributed by atoms with van der Waals surface area (Å²) in [5.74, 6) is -1.15. The van der Waals surface area contributed by atoms with Crippen molar-refractivity contribution in [2.75, 3.05) is 0 Å². The topological polar surface area (TPSA) is 58.9 Å². The molecule has 1 N–H and O–H groups in total. The van der Waals surface area contributed by atoms with Gasteiger partial charge in [-0.1, -0.05) is 64.8 Å². The van der Waals surface area contributed by atoms with Gasteiger partial charge in [-0.25, -0.2) is 4.79 Å². The number of carboxylic acid groups (broad SMARTS) is 1. The fraction of sp³-hybridized carbons (Fsp3) is 0.120. The fourth-order valence-electron chi connectivity index (χ4n) is 3.86. The van der Waals surface area contributed by atoms with E-state index in [0.717, 1.165) is 12.1 Å². The van der Waals surface area contributed by atoms with Gasteiger partial charge < -0.3 is 9.94 Å². The van der Waals surface area contributed by atoms with Crippen molar-refractivity contribution in [2.45, 2.75) is 18.7 Å². The van der Waals surface area contributed by atoms with E-state index in [4.69, 9.17) is 28.0 Å². The maximum Gasteiger partial charge on any atom is 0.440 e. The zero-order valence-corrected chi connectivity index (χ0v) is 19.0. The standard InChI is InChI=1S/C25H16Cl2F3NO3/c1-14-9-16(7-8-20(14)23(32)33)22-21(10-15-5-3-2-4-6-15)24(34-31-22,25(28,29)30)17-11-18(26)13-19(27)12-17/h2-13H,1H3,(H,32,33)/b21-10-. The zero-order valence-electron chi connectivity index (χ0n) is 17.5. The number of carbonyl (C=O) groups is 1. The predicted octanol–water partition coefficient (Wildman–Crippen LogP) is 7.28. The minimum atomic E-state index is -4.96. The number of alkyl halides is 3. The Bertz CT molecular complexity index is 1320. The van der Waals surface area contributed by atoms with E-state index in [1.165, 1.54) is 30.3 Å². The van der Waals surface area contributed by atoms with Crippen LogP contribution in [0.25, 0.3) is 6.08 Å². The third-order valence-corrected chi connectivity index (χ3v) is 5.85. The third-order valence-electron chi connectivity index (χ3n) is 5.42. The number of benzene rings is 3. The first-order valence-corrected chi connectivity index (χ1v) is 10.7. The van der Waals surface area contributed by atoms with E-state index in [1.54, 1.807) is 37.3 Å². The molecule has 1 heterocycles. The first kappa shape index (κ1) is 23.9. The molecule has 0 saturated heterocycles. The number of carboxylic acids is 1. The smallest absolute Gasteiger partial charge is 0.440 e. The van der Waals surface area contributed by atoms with Crippen LogP contribution < -0.4 is 0 Å². The Balaban J connectivity index is 1.99. The molecular weight excluding hydrogens is 490 g/mol. The van der Waals surface area contributed by atoms with Gasteiger partial charge in [0.15, 0.2) is 0 Å². The SMILES string of the molecule is Cc1cc(C2=NOC(c3cc(Cl)cc(Cl)c3)(C(F)(F)F)/C2=C\c2ccccc2)ccc1C(=O)O. The molecule has 0 radical (unpaired) electrons. The molecule has 1 aliphatic rings. The lowest BCUT2D eigenvalue weighted by Gasteiger charge is -2.31. The number of hydrogen-bond acceptors (Lipinski definition) is 3. The van der Waals surface area contributed by atoms with Gasteiger partial charge in [-0.3, -0.25) is 0 Å². The number of nitrogens with zero attached hydrogens (tertiary/aromatic N) is 1. The first-order chi connectivity index (χ1) is 16.0. The van der Waals surface area contributed by atoms with E-state index in [0.29, 0.717) is 11.1 Å². The number of rotatable bonds is 4. The molecule has 4 nitrogen and oxygen atoms in total. The second-order valence-corrected chi connectivity index (χ2v) is 8.54. The van der Waals surface area contributed by atoms with E-state index in [2.05, 4.69) is 5.16 Å². The van der Waals surface area contributed by atoms with Crippen molar-refractivity contribution in [2.24, 2.45) is 5.16 Å². The van der Waals surface area contributed by atoms with Gasteiger partial charge in [0.2, 0.25) is 0 Å². The van der Waals surface area contributed by atoms with Crippen LogP contribution in [0.1, 0.15) is 32.6 Å². The van der Waals surface area contributed by atoms with Gasteiger partial charge in [0.1, 0.15) is 5.71 Å². The van der Waals surface area contributed by atoms with E-state index in [-0.39, 0.29) is 38.0 Å². The molecule has 0 spiro atoms. The molecule has 0 bridgehead atoms. The Morgan fingerprint density at radius 1 is 1.03 bits per heavy atom. The zero-order chi connectivity index (χ0) is 24.7. The molecule has 3 aromatic carbocycles. The van der Waals surface area contributed by atoms with Crippen LogP contribution in [0, 0.1) is 6.92 Å². The molecule has 0 aliphatic carbocycles. The van der Waals surface area contributed by atoms with Crippen LogP contribution in [0.5, 0.6) is 0 Å². The predicted molar refractivity (Wildman–Crippen MR) is 124 cm³/mol. The van der Waals surface area contributed by atoms with Crippen LogP contribution in [0.15, 0.2) is 77.5 Å². The number of oxime groups is 1. The van der Waals surface area contributed by atoms with Crippen LogP contribution >= 0.6 is 23.2 Å². The van der Waals surface area contributed by atoms with E-state index in [1.807, 2.05) is 0 Å². The second-order valence-electron chi connectivity index (χ2n) is 7.67. The lowest BCUT2D eigenvalue weighted by atomic mass is 9.80. The van der Waals surface area contributed by atoms with Crippen molar-refractivity contribution in [3.05, 3.63) is 110 Å². The molecule has 1 unspecified atom stereocenters. The summed E-state index contributed by atoms with van der Waals surface area (Å²) >= 11 is 12.1. The minimum absolute atomic E-state index is 0.00360. The molecule has 34 heavy (non-hydrogen) atoms. The molecule has 0 saturated carbocycles. The van der Waals surface area contributed by atoms with Crippen molar-refractivity contribution in [1.82, 2.24) is 0 Å². The van der Waals surface area contributed by atoms with E-state index in [9.17, 15) is 23.1 Å². The van der Waals surface area contributed by atoms with Crippen molar-refractivity contribution < 1.29 is 27.9 Å². The van der Waals surface area contributed by atoms with Crippen LogP contribution in [0.4, 0.5) is 13.2 Å². The van der Waals surface area contributed by atoms with Crippen molar-refractivity contribution in [3.8, 4) is 0 Å². The van der Waals surface area contributed by atoms with Gasteiger partial charge in [0, 0.05) is 26.7 Å². The highest BCUT2D eigenvalue weighted by atomic mass is 35.5. The fourth-order valence-corrected chi connectivity index (χ4v) is 4.38. The Hall–Kier alpha value is -3.29. The molecule has 3 aromatic rings. The minimum Gasteiger partial charge on any atom is -0.478 e. The maximum atomic E-state index is 14.9. The van der Waals surface area contributed by atoms with Crippen LogP contribution in [0.2, 0.25) is 10.0 Å². The van der Waals surface area contributed by atoms with E-state index >= 15 is 0 Å². The highest BCUT2D eigenvalue weighted by molar-refractivity contribution is 6.34. The van der Waals surface area contributed by atoms with E-state index < -0.39 is 17.7 Å². The maximum absolute atomic E-state index is 14.9. The molecule has 4 rings (SSSR count). The molecule has 1 aliphatic heterocycles. The summed E-state index contributed by atoms with van der Waals surface area (Å²) in [6.45, 7) is 1.55. The highest BCUT2D eigenvalue weighted by Crippen LogP contribution is 2.53. The molecule has 0 fully saturated rings. The normalized spacial score (nSPS) is 19.1. The molecule has 0 amide bonds. The monoisotopic (exact) mass is 505 g/mol. The summed E-state index contributed by atoms with van der Waals surface area (Å²) < 4.78 is 44.6. The van der Waals surface area contributed by atoms with Gasteiger partial charge in [-0.05, 0) is 54.5 Å². The highest BCUT2D eigenvalue weighted by Gasteiger charge is 2.65. The van der Waals surface area contributed by atoms with Crippen LogP contribution in [0.3, 0.4) is 0 Å². The summed E-state index contributed by atoms with van der Waals surface area (Å²) in [5.41, 5.74) is -2.56. The Kier molecular flexibility index (Phi) is 6.18. The average Bonchev–Trinajstić information content (AvgIpc) is 3.13.